The van der Waals surface area contributed by atoms with Gasteiger partial charge in [-0.05, 0) is 43.0 Å². The number of rotatable bonds is 4. The van der Waals surface area contributed by atoms with Crippen LogP contribution in [0.4, 0.5) is 4.79 Å². The van der Waals surface area contributed by atoms with E-state index in [0.29, 0.717) is 24.5 Å². The van der Waals surface area contributed by atoms with Gasteiger partial charge in [-0.3, -0.25) is 0 Å². The number of carbonyl (C=O) groups is 1. The Kier molecular flexibility index (Phi) is 5.34. The van der Waals surface area contributed by atoms with Gasteiger partial charge < -0.3 is 10.2 Å². The number of carbonyl (C=O) groups excluding carboxylic acids is 1. The molecule has 1 aromatic carbocycles. The summed E-state index contributed by atoms with van der Waals surface area (Å²) in [6, 6.07) is 5.40. The fourth-order valence-electron chi connectivity index (χ4n) is 2.46. The number of amides is 2. The normalized spacial score (nSPS) is 16.0. The first-order chi connectivity index (χ1) is 10.2. The Bertz CT molecular complexity index is 661. The lowest BCUT2D eigenvalue weighted by molar-refractivity contribution is 0.189. The van der Waals surface area contributed by atoms with Crippen LogP contribution in [0.5, 0.6) is 0 Å². The maximum Gasteiger partial charge on any atom is 0.317 e. The second-order valence-corrected chi connectivity index (χ2v) is 8.55. The van der Waals surface area contributed by atoms with Gasteiger partial charge >= 0.3 is 6.03 Å². The van der Waals surface area contributed by atoms with E-state index in [1.807, 2.05) is 25.1 Å². The Morgan fingerprint density at radius 1 is 1.41 bits per heavy atom. The van der Waals surface area contributed by atoms with E-state index in [0.717, 1.165) is 12.0 Å². The van der Waals surface area contributed by atoms with Gasteiger partial charge in [-0.2, -0.15) is 0 Å². The van der Waals surface area contributed by atoms with Crippen LogP contribution in [0.25, 0.3) is 0 Å². The lowest BCUT2D eigenvalue weighted by Crippen LogP contribution is -2.46. The van der Waals surface area contributed by atoms with Crippen molar-refractivity contribution in [1.82, 2.24) is 10.2 Å². The molecule has 5 nitrogen and oxygen atoms in total. The molecule has 0 radical (unpaired) electrons. The van der Waals surface area contributed by atoms with Crippen molar-refractivity contribution in [3.05, 3.63) is 34.3 Å². The Hall–Kier alpha value is -1.27. The molecule has 0 spiro atoms. The van der Waals surface area contributed by atoms with Crippen LogP contribution in [0.15, 0.2) is 18.2 Å². The summed E-state index contributed by atoms with van der Waals surface area (Å²) in [5, 5.41) is 3.57. The number of hydrogen-bond donors (Lipinski definition) is 1. The third kappa shape index (κ3) is 4.88. The molecule has 0 bridgehead atoms. The Balaban J connectivity index is 1.90. The van der Waals surface area contributed by atoms with Crippen LogP contribution >= 0.6 is 11.6 Å². The van der Waals surface area contributed by atoms with Crippen LogP contribution in [0.1, 0.15) is 24.5 Å². The van der Waals surface area contributed by atoms with Crippen LogP contribution in [0.2, 0.25) is 5.02 Å². The number of nitrogens with zero attached hydrogens (tertiary/aromatic N) is 1. The Morgan fingerprint density at radius 2 is 2.14 bits per heavy atom. The molecule has 1 atom stereocenters. The first kappa shape index (κ1) is 17.1. The molecule has 0 aromatic heterocycles. The molecule has 1 aromatic rings. The number of halogens is 1. The molecule has 122 valence electrons. The van der Waals surface area contributed by atoms with Gasteiger partial charge in [-0.1, -0.05) is 17.7 Å². The Labute approximate surface area is 136 Å². The zero-order chi connectivity index (χ0) is 16.3. The number of sulfone groups is 1. The van der Waals surface area contributed by atoms with Gasteiger partial charge in [0.25, 0.3) is 0 Å². The number of fused-ring (bicyclic) bond motifs is 1. The van der Waals surface area contributed by atoms with Crippen LogP contribution in [0.3, 0.4) is 0 Å². The topological polar surface area (TPSA) is 66.5 Å². The van der Waals surface area contributed by atoms with Gasteiger partial charge in [0.05, 0.1) is 5.75 Å². The molecular weight excluding hydrogens is 324 g/mol. The Morgan fingerprint density at radius 3 is 2.82 bits per heavy atom. The van der Waals surface area contributed by atoms with Gasteiger partial charge in [-0.25, -0.2) is 13.2 Å². The van der Waals surface area contributed by atoms with Crippen molar-refractivity contribution in [2.24, 2.45) is 0 Å². The molecule has 0 unspecified atom stereocenters. The highest BCUT2D eigenvalue weighted by Crippen LogP contribution is 2.22. The summed E-state index contributed by atoms with van der Waals surface area (Å²) in [4.78, 5) is 14.0. The summed E-state index contributed by atoms with van der Waals surface area (Å²) in [5.74, 6) is 0.0791. The molecule has 0 aliphatic carbocycles. The van der Waals surface area contributed by atoms with Gasteiger partial charge in [0, 0.05) is 30.4 Å². The predicted octanol–water partition coefficient (Wildman–Crippen LogP) is 2.23. The third-order valence-corrected chi connectivity index (χ3v) is 4.97. The molecule has 22 heavy (non-hydrogen) atoms. The second kappa shape index (κ2) is 6.87. The largest absolute Gasteiger partial charge is 0.335 e. The minimum Gasteiger partial charge on any atom is -0.335 e. The first-order valence-corrected chi connectivity index (χ1v) is 9.69. The average molecular weight is 345 g/mol. The fourth-order valence-corrected chi connectivity index (χ4v) is 3.44. The minimum absolute atomic E-state index is 0.0791. The van der Waals surface area contributed by atoms with Crippen LogP contribution < -0.4 is 5.32 Å². The molecule has 1 heterocycles. The molecule has 1 N–H and O–H groups in total. The SMILES string of the molecule is C[C@@H](CCS(C)(=O)=O)NC(=O)N1CCc2cc(Cl)ccc2C1. The maximum atomic E-state index is 12.2. The molecule has 1 aliphatic heterocycles. The van der Waals surface area contributed by atoms with Gasteiger partial charge in [0.15, 0.2) is 0 Å². The van der Waals surface area contributed by atoms with Crippen molar-refractivity contribution >= 4 is 27.5 Å². The van der Waals surface area contributed by atoms with E-state index in [-0.39, 0.29) is 17.8 Å². The number of benzene rings is 1. The lowest BCUT2D eigenvalue weighted by atomic mass is 10.0. The van der Waals surface area contributed by atoms with Gasteiger partial charge in [-0.15, -0.1) is 0 Å². The van der Waals surface area contributed by atoms with Crippen LogP contribution in [0, 0.1) is 0 Å². The van der Waals surface area contributed by atoms with E-state index >= 15 is 0 Å². The third-order valence-electron chi connectivity index (χ3n) is 3.76. The van der Waals surface area contributed by atoms with Crippen molar-refractivity contribution in [1.29, 1.82) is 0 Å². The van der Waals surface area contributed by atoms with E-state index in [4.69, 9.17) is 11.6 Å². The van der Waals surface area contributed by atoms with Crippen molar-refractivity contribution in [2.45, 2.75) is 32.4 Å². The smallest absolute Gasteiger partial charge is 0.317 e. The van der Waals surface area contributed by atoms with Crippen molar-refractivity contribution in [3.8, 4) is 0 Å². The molecule has 1 aliphatic rings. The van der Waals surface area contributed by atoms with E-state index in [1.54, 1.807) is 4.90 Å². The van der Waals surface area contributed by atoms with E-state index in [2.05, 4.69) is 5.32 Å². The minimum atomic E-state index is -3.00. The highest BCUT2D eigenvalue weighted by molar-refractivity contribution is 7.90. The summed E-state index contributed by atoms with van der Waals surface area (Å²) >= 11 is 5.97. The standard InChI is InChI=1S/C15H21ClN2O3S/c1-11(6-8-22(2,20)21)17-15(19)18-7-5-12-9-14(16)4-3-13(12)10-18/h3-4,9,11H,5-8,10H2,1-2H3,(H,17,19)/t11-/m0/s1. The van der Waals surface area contributed by atoms with Gasteiger partial charge in [0.2, 0.25) is 0 Å². The first-order valence-electron chi connectivity index (χ1n) is 7.25. The lowest BCUT2D eigenvalue weighted by Gasteiger charge is -2.30. The molecule has 2 amide bonds. The summed E-state index contributed by atoms with van der Waals surface area (Å²) in [6.07, 6.45) is 2.40. The van der Waals surface area contributed by atoms with Crippen molar-refractivity contribution in [2.75, 3.05) is 18.6 Å². The average Bonchev–Trinajstić information content (AvgIpc) is 2.43. The highest BCUT2D eigenvalue weighted by Gasteiger charge is 2.22. The number of nitrogens with one attached hydrogen (secondary N) is 1. The zero-order valence-corrected chi connectivity index (χ0v) is 14.4. The summed E-state index contributed by atoms with van der Waals surface area (Å²) in [7, 11) is -3.00. The second-order valence-electron chi connectivity index (χ2n) is 5.85. The fraction of sp³-hybridized carbons (Fsp3) is 0.533. The summed E-state index contributed by atoms with van der Waals surface area (Å²) < 4.78 is 22.3. The number of urea groups is 1. The molecule has 0 saturated heterocycles. The van der Waals surface area contributed by atoms with Crippen LogP contribution in [-0.4, -0.2) is 43.9 Å². The zero-order valence-electron chi connectivity index (χ0n) is 12.8. The van der Waals surface area contributed by atoms with Crippen LogP contribution in [-0.2, 0) is 22.8 Å². The quantitative estimate of drug-likeness (QED) is 0.910. The predicted molar refractivity (Wildman–Crippen MR) is 87.9 cm³/mol. The number of hydrogen-bond acceptors (Lipinski definition) is 3. The maximum absolute atomic E-state index is 12.2. The summed E-state index contributed by atoms with van der Waals surface area (Å²) in [5.41, 5.74) is 2.29. The van der Waals surface area contributed by atoms with Crippen molar-refractivity contribution in [3.63, 3.8) is 0 Å². The van der Waals surface area contributed by atoms with E-state index in [9.17, 15) is 13.2 Å². The molecular formula is C15H21ClN2O3S. The molecule has 7 heteroatoms. The van der Waals surface area contributed by atoms with Crippen molar-refractivity contribution < 1.29 is 13.2 Å². The monoisotopic (exact) mass is 344 g/mol. The molecule has 0 saturated carbocycles. The molecule has 0 fully saturated rings. The highest BCUT2D eigenvalue weighted by atomic mass is 35.5. The van der Waals surface area contributed by atoms with E-state index in [1.165, 1.54) is 11.8 Å². The van der Waals surface area contributed by atoms with Gasteiger partial charge in [0.1, 0.15) is 9.84 Å². The molecule has 2 rings (SSSR count). The van der Waals surface area contributed by atoms with E-state index < -0.39 is 9.84 Å². The summed E-state index contributed by atoms with van der Waals surface area (Å²) in [6.45, 7) is 3.01.